The van der Waals surface area contributed by atoms with E-state index in [4.69, 9.17) is 11.6 Å². The summed E-state index contributed by atoms with van der Waals surface area (Å²) >= 11 is 5.92. The second-order valence-electron chi connectivity index (χ2n) is 6.74. The Bertz CT molecular complexity index is 1150. The Labute approximate surface area is 180 Å². The highest BCUT2D eigenvalue weighted by Gasteiger charge is 2.27. The molecule has 3 rings (SSSR count). The highest BCUT2D eigenvalue weighted by Crippen LogP contribution is 2.21. The largest absolute Gasteiger partial charge is 0.325 e. The third-order valence-electron chi connectivity index (χ3n) is 4.39. The van der Waals surface area contributed by atoms with Crippen molar-refractivity contribution in [3.05, 3.63) is 94.8 Å². The predicted octanol–water partition coefficient (Wildman–Crippen LogP) is 4.62. The molecule has 3 aromatic rings. The third kappa shape index (κ3) is 5.44. The van der Waals surface area contributed by atoms with Gasteiger partial charge in [0, 0.05) is 22.8 Å². The molecule has 0 radical (unpaired) electrons. The highest BCUT2D eigenvalue weighted by molar-refractivity contribution is 7.89. The van der Waals surface area contributed by atoms with Crippen LogP contribution >= 0.6 is 11.6 Å². The number of anilines is 1. The van der Waals surface area contributed by atoms with Crippen molar-refractivity contribution in [1.82, 2.24) is 4.31 Å². The minimum Gasteiger partial charge on any atom is -0.325 e. The number of rotatable bonds is 7. The number of hydrogen-bond acceptors (Lipinski definition) is 3. The van der Waals surface area contributed by atoms with E-state index in [1.807, 2.05) is 6.92 Å². The molecule has 0 heterocycles. The zero-order valence-electron chi connectivity index (χ0n) is 16.2. The van der Waals surface area contributed by atoms with Crippen molar-refractivity contribution in [3.8, 4) is 0 Å². The predicted molar refractivity (Wildman–Crippen MR) is 115 cm³/mol. The fraction of sp³-hybridized carbons (Fsp3) is 0.136. The third-order valence-corrected chi connectivity index (χ3v) is 6.43. The summed E-state index contributed by atoms with van der Waals surface area (Å²) in [6.45, 7) is 1.06. The topological polar surface area (TPSA) is 66.5 Å². The van der Waals surface area contributed by atoms with E-state index in [1.54, 1.807) is 42.5 Å². The first-order chi connectivity index (χ1) is 14.3. The monoisotopic (exact) mass is 446 g/mol. The number of carbonyl (C=O) groups is 1. The Kier molecular flexibility index (Phi) is 6.87. The maximum Gasteiger partial charge on any atom is 0.243 e. The van der Waals surface area contributed by atoms with Crippen LogP contribution in [0.3, 0.4) is 0 Å². The summed E-state index contributed by atoms with van der Waals surface area (Å²) in [6, 6.07) is 18.6. The van der Waals surface area contributed by atoms with Crippen molar-refractivity contribution in [2.45, 2.75) is 18.4 Å². The van der Waals surface area contributed by atoms with Crippen molar-refractivity contribution in [2.24, 2.45) is 0 Å². The lowest BCUT2D eigenvalue weighted by Gasteiger charge is -2.22. The van der Waals surface area contributed by atoms with Crippen LogP contribution in [0.5, 0.6) is 0 Å². The summed E-state index contributed by atoms with van der Waals surface area (Å²) in [5, 5.41) is 3.06. The average Bonchev–Trinajstić information content (AvgIpc) is 2.69. The van der Waals surface area contributed by atoms with Crippen LogP contribution < -0.4 is 5.32 Å². The van der Waals surface area contributed by atoms with Crippen LogP contribution in [0.4, 0.5) is 10.1 Å². The lowest BCUT2D eigenvalue weighted by atomic mass is 10.2. The summed E-state index contributed by atoms with van der Waals surface area (Å²) in [5.74, 6) is -1.11. The molecule has 0 aromatic heterocycles. The molecule has 156 valence electrons. The zero-order valence-corrected chi connectivity index (χ0v) is 17.8. The first kappa shape index (κ1) is 22.0. The number of halogens is 2. The number of benzene rings is 3. The van der Waals surface area contributed by atoms with Gasteiger partial charge in [-0.3, -0.25) is 4.79 Å². The molecule has 30 heavy (non-hydrogen) atoms. The molecule has 5 nitrogen and oxygen atoms in total. The maximum absolute atomic E-state index is 14.2. The molecule has 0 unspecified atom stereocenters. The quantitative estimate of drug-likeness (QED) is 0.576. The van der Waals surface area contributed by atoms with Gasteiger partial charge in [0.2, 0.25) is 15.9 Å². The first-order valence-corrected chi connectivity index (χ1v) is 10.9. The molecular weight excluding hydrogens is 427 g/mol. The molecule has 8 heteroatoms. The van der Waals surface area contributed by atoms with E-state index in [-0.39, 0.29) is 17.0 Å². The van der Waals surface area contributed by atoms with E-state index in [9.17, 15) is 17.6 Å². The smallest absolute Gasteiger partial charge is 0.243 e. The summed E-state index contributed by atoms with van der Waals surface area (Å²) in [5.41, 5.74) is 1.50. The van der Waals surface area contributed by atoms with Gasteiger partial charge in [-0.2, -0.15) is 4.31 Å². The average molecular weight is 447 g/mol. The summed E-state index contributed by atoms with van der Waals surface area (Å²) < 4.78 is 41.5. The van der Waals surface area contributed by atoms with Gasteiger partial charge in [0.15, 0.2) is 0 Å². The molecule has 1 amide bonds. The van der Waals surface area contributed by atoms with E-state index >= 15 is 0 Å². The summed E-state index contributed by atoms with van der Waals surface area (Å²) in [7, 11) is -4.05. The first-order valence-electron chi connectivity index (χ1n) is 9.11. The number of carbonyl (C=O) groups excluding carboxylic acids is 1. The standard InChI is InChI=1S/C22H20ClFN2O3S/c1-16-9-11-20(12-10-16)30(28,29)26(14-17-5-2-3-8-21(17)24)15-22(27)25-19-7-4-6-18(23)13-19/h2-13H,14-15H2,1H3,(H,25,27). The number of nitrogens with one attached hydrogen (secondary N) is 1. The second kappa shape index (κ2) is 9.38. The SMILES string of the molecule is Cc1ccc(S(=O)(=O)N(CC(=O)Nc2cccc(Cl)c2)Cc2ccccc2F)cc1. The molecule has 0 aliphatic carbocycles. The number of nitrogens with zero attached hydrogens (tertiary/aromatic N) is 1. The Hall–Kier alpha value is -2.74. The van der Waals surface area contributed by atoms with E-state index in [2.05, 4.69) is 5.32 Å². The number of sulfonamides is 1. The molecular formula is C22H20ClFN2O3S. The van der Waals surface area contributed by atoms with Gasteiger partial charge in [-0.1, -0.05) is 53.6 Å². The van der Waals surface area contributed by atoms with Gasteiger partial charge in [-0.15, -0.1) is 0 Å². The molecule has 0 aliphatic rings. The number of amides is 1. The molecule has 0 atom stereocenters. The Balaban J connectivity index is 1.89. The minimum atomic E-state index is -4.05. The maximum atomic E-state index is 14.2. The molecule has 0 saturated carbocycles. The number of hydrogen-bond donors (Lipinski definition) is 1. The van der Waals surface area contributed by atoms with Crippen molar-refractivity contribution in [3.63, 3.8) is 0 Å². The fourth-order valence-corrected chi connectivity index (χ4v) is 4.39. The van der Waals surface area contributed by atoms with Crippen LogP contribution in [-0.4, -0.2) is 25.2 Å². The molecule has 0 bridgehead atoms. The molecule has 1 N–H and O–H groups in total. The lowest BCUT2D eigenvalue weighted by molar-refractivity contribution is -0.116. The molecule has 0 fully saturated rings. The summed E-state index contributed by atoms with van der Waals surface area (Å²) in [6.07, 6.45) is 0. The zero-order chi connectivity index (χ0) is 21.7. The van der Waals surface area contributed by atoms with Crippen LogP contribution in [-0.2, 0) is 21.4 Å². The van der Waals surface area contributed by atoms with E-state index in [1.165, 1.54) is 30.3 Å². The molecule has 3 aromatic carbocycles. The van der Waals surface area contributed by atoms with Crippen LogP contribution in [0.15, 0.2) is 77.7 Å². The molecule has 0 aliphatic heterocycles. The highest BCUT2D eigenvalue weighted by atomic mass is 35.5. The Morgan fingerprint density at radius 1 is 1.03 bits per heavy atom. The lowest BCUT2D eigenvalue weighted by Crippen LogP contribution is -2.37. The summed E-state index contributed by atoms with van der Waals surface area (Å²) in [4.78, 5) is 12.6. The van der Waals surface area contributed by atoms with Gasteiger partial charge in [0.1, 0.15) is 5.82 Å². The van der Waals surface area contributed by atoms with E-state index in [0.717, 1.165) is 9.87 Å². The van der Waals surface area contributed by atoms with Crippen molar-refractivity contribution in [1.29, 1.82) is 0 Å². The second-order valence-corrected chi connectivity index (χ2v) is 9.11. The van der Waals surface area contributed by atoms with Crippen LogP contribution in [0.2, 0.25) is 5.02 Å². The van der Waals surface area contributed by atoms with Gasteiger partial charge in [-0.05, 0) is 43.3 Å². The van der Waals surface area contributed by atoms with Crippen LogP contribution in [0, 0.1) is 12.7 Å². The Morgan fingerprint density at radius 3 is 2.40 bits per heavy atom. The van der Waals surface area contributed by atoms with Gasteiger partial charge < -0.3 is 5.32 Å². The van der Waals surface area contributed by atoms with Gasteiger partial charge in [0.25, 0.3) is 0 Å². The van der Waals surface area contributed by atoms with Crippen molar-refractivity contribution in [2.75, 3.05) is 11.9 Å². The molecule has 0 saturated heterocycles. The van der Waals surface area contributed by atoms with Crippen LogP contribution in [0.1, 0.15) is 11.1 Å². The van der Waals surface area contributed by atoms with E-state index in [0.29, 0.717) is 10.7 Å². The van der Waals surface area contributed by atoms with Crippen LogP contribution in [0.25, 0.3) is 0 Å². The van der Waals surface area contributed by atoms with Crippen molar-refractivity contribution < 1.29 is 17.6 Å². The van der Waals surface area contributed by atoms with Gasteiger partial charge in [0.05, 0.1) is 11.4 Å². The normalized spacial score (nSPS) is 11.5. The van der Waals surface area contributed by atoms with Gasteiger partial charge >= 0.3 is 0 Å². The van der Waals surface area contributed by atoms with Crippen molar-refractivity contribution >= 4 is 33.2 Å². The van der Waals surface area contributed by atoms with Gasteiger partial charge in [-0.25, -0.2) is 12.8 Å². The minimum absolute atomic E-state index is 0.0278. The molecule has 0 spiro atoms. The fourth-order valence-electron chi connectivity index (χ4n) is 2.83. The Morgan fingerprint density at radius 2 is 1.73 bits per heavy atom. The number of aryl methyl sites for hydroxylation is 1. The van der Waals surface area contributed by atoms with E-state index < -0.39 is 28.3 Å².